The quantitative estimate of drug-likeness (QED) is 0.891. The second-order valence-electron chi connectivity index (χ2n) is 4.41. The van der Waals surface area contributed by atoms with Crippen LogP contribution in [0.5, 0.6) is 0 Å². The maximum atomic E-state index is 12.1. The molecule has 1 aliphatic rings. The Bertz CT molecular complexity index is 715. The maximum Gasteiger partial charge on any atom is 0.255 e. The average Bonchev–Trinajstić information content (AvgIpc) is 2.80. The number of carbonyl (C=O) groups is 2. The Morgan fingerprint density at radius 1 is 1.35 bits per heavy atom. The normalized spacial score (nSPS) is 12.8. The standard InChI is InChI=1S/C14H10ClN3O2/c15-10-3-4-16-7-12(10)18-14(20)8-1-2-11-9(5-8)6-13(19)17-11/h1-5,7H,6H2,(H,17,19)(H,18,20). The number of fused-ring (bicyclic) bond motifs is 1. The minimum atomic E-state index is -0.290. The van der Waals surface area contributed by atoms with Crippen molar-refractivity contribution < 1.29 is 9.59 Å². The molecule has 1 aromatic carbocycles. The Kier molecular flexibility index (Phi) is 3.12. The fourth-order valence-electron chi connectivity index (χ4n) is 2.03. The van der Waals surface area contributed by atoms with Crippen LogP contribution in [-0.4, -0.2) is 16.8 Å². The molecule has 0 bridgehead atoms. The van der Waals surface area contributed by atoms with Gasteiger partial charge in [-0.05, 0) is 29.8 Å². The largest absolute Gasteiger partial charge is 0.326 e. The van der Waals surface area contributed by atoms with Crippen molar-refractivity contribution in [2.75, 3.05) is 10.6 Å². The lowest BCUT2D eigenvalue weighted by Crippen LogP contribution is -2.12. The third kappa shape index (κ3) is 2.35. The smallest absolute Gasteiger partial charge is 0.255 e. The van der Waals surface area contributed by atoms with Crippen LogP contribution in [0.3, 0.4) is 0 Å². The van der Waals surface area contributed by atoms with Crippen LogP contribution in [0.2, 0.25) is 5.02 Å². The van der Waals surface area contributed by atoms with Gasteiger partial charge in [-0.1, -0.05) is 11.6 Å². The Morgan fingerprint density at radius 2 is 2.20 bits per heavy atom. The van der Waals surface area contributed by atoms with Gasteiger partial charge in [0, 0.05) is 17.4 Å². The van der Waals surface area contributed by atoms with Gasteiger partial charge >= 0.3 is 0 Å². The monoisotopic (exact) mass is 287 g/mol. The predicted molar refractivity (Wildman–Crippen MR) is 76.0 cm³/mol. The second kappa shape index (κ2) is 4.94. The molecule has 0 fully saturated rings. The van der Waals surface area contributed by atoms with Crippen molar-refractivity contribution in [3.05, 3.63) is 52.8 Å². The van der Waals surface area contributed by atoms with Crippen LogP contribution >= 0.6 is 11.6 Å². The van der Waals surface area contributed by atoms with Gasteiger partial charge in [0.2, 0.25) is 5.91 Å². The van der Waals surface area contributed by atoms with Crippen molar-refractivity contribution in [3.63, 3.8) is 0 Å². The van der Waals surface area contributed by atoms with E-state index in [1.54, 1.807) is 30.5 Å². The van der Waals surface area contributed by atoms with Crippen LogP contribution in [0.1, 0.15) is 15.9 Å². The Morgan fingerprint density at radius 3 is 3.00 bits per heavy atom. The van der Waals surface area contributed by atoms with Gasteiger partial charge in [-0.15, -0.1) is 0 Å². The van der Waals surface area contributed by atoms with Crippen molar-refractivity contribution >= 4 is 34.8 Å². The average molecular weight is 288 g/mol. The number of pyridine rings is 1. The number of hydrogen-bond donors (Lipinski definition) is 2. The van der Waals surface area contributed by atoms with Crippen molar-refractivity contribution in [3.8, 4) is 0 Å². The molecule has 0 spiro atoms. The molecule has 0 unspecified atom stereocenters. The first-order valence-electron chi connectivity index (χ1n) is 5.97. The fourth-order valence-corrected chi connectivity index (χ4v) is 2.19. The third-order valence-electron chi connectivity index (χ3n) is 3.01. The number of rotatable bonds is 2. The predicted octanol–water partition coefficient (Wildman–Crippen LogP) is 2.48. The van der Waals surface area contributed by atoms with E-state index in [1.807, 2.05) is 0 Å². The lowest BCUT2D eigenvalue weighted by atomic mass is 10.1. The molecular formula is C14H10ClN3O2. The molecule has 0 aliphatic carbocycles. The molecular weight excluding hydrogens is 278 g/mol. The summed E-state index contributed by atoms with van der Waals surface area (Å²) in [6.07, 6.45) is 3.33. The number of aromatic nitrogens is 1. The second-order valence-corrected chi connectivity index (χ2v) is 4.81. The lowest BCUT2D eigenvalue weighted by molar-refractivity contribution is -0.115. The summed E-state index contributed by atoms with van der Waals surface area (Å²) in [6, 6.07) is 6.68. The van der Waals surface area contributed by atoms with Gasteiger partial charge in [0.15, 0.2) is 0 Å². The molecule has 100 valence electrons. The lowest BCUT2D eigenvalue weighted by Gasteiger charge is -2.07. The van der Waals surface area contributed by atoms with Crippen LogP contribution in [0.4, 0.5) is 11.4 Å². The summed E-state index contributed by atoms with van der Waals surface area (Å²) in [6.45, 7) is 0. The molecule has 6 heteroatoms. The number of halogens is 1. The molecule has 5 nitrogen and oxygen atoms in total. The molecule has 2 aromatic rings. The highest BCUT2D eigenvalue weighted by atomic mass is 35.5. The number of anilines is 2. The number of benzene rings is 1. The maximum absolute atomic E-state index is 12.1. The molecule has 1 aliphatic heterocycles. The number of nitrogens with zero attached hydrogens (tertiary/aromatic N) is 1. The molecule has 0 atom stereocenters. The van der Waals surface area contributed by atoms with Crippen LogP contribution in [0, 0.1) is 0 Å². The van der Waals surface area contributed by atoms with Crippen molar-refractivity contribution in [2.24, 2.45) is 0 Å². The number of hydrogen-bond acceptors (Lipinski definition) is 3. The molecule has 2 amide bonds. The highest BCUT2D eigenvalue weighted by Crippen LogP contribution is 2.25. The summed E-state index contributed by atoms with van der Waals surface area (Å²) in [4.78, 5) is 27.3. The summed E-state index contributed by atoms with van der Waals surface area (Å²) in [5, 5.41) is 5.83. The van der Waals surface area contributed by atoms with E-state index in [9.17, 15) is 9.59 Å². The summed E-state index contributed by atoms with van der Waals surface area (Å²) in [5.41, 5.74) is 2.50. The van der Waals surface area contributed by atoms with E-state index in [0.717, 1.165) is 11.3 Å². The first kappa shape index (κ1) is 12.6. The van der Waals surface area contributed by atoms with Crippen LogP contribution in [0.25, 0.3) is 0 Å². The topological polar surface area (TPSA) is 71.1 Å². The minimum absolute atomic E-state index is 0.0622. The van der Waals surface area contributed by atoms with Crippen molar-refractivity contribution in [1.82, 2.24) is 4.98 Å². The minimum Gasteiger partial charge on any atom is -0.326 e. The molecule has 0 saturated heterocycles. The van der Waals surface area contributed by atoms with E-state index in [4.69, 9.17) is 11.6 Å². The molecule has 2 heterocycles. The van der Waals surface area contributed by atoms with E-state index in [-0.39, 0.29) is 11.8 Å². The Balaban J connectivity index is 1.84. The van der Waals surface area contributed by atoms with Crippen molar-refractivity contribution in [1.29, 1.82) is 0 Å². The van der Waals surface area contributed by atoms with E-state index >= 15 is 0 Å². The SMILES string of the molecule is O=C1Cc2cc(C(=O)Nc3cnccc3Cl)ccc2N1. The van der Waals surface area contributed by atoms with Gasteiger partial charge in [0.05, 0.1) is 23.3 Å². The first-order valence-corrected chi connectivity index (χ1v) is 6.35. The zero-order valence-electron chi connectivity index (χ0n) is 10.3. The first-order chi connectivity index (χ1) is 9.63. The van der Waals surface area contributed by atoms with Gasteiger partial charge in [-0.3, -0.25) is 14.6 Å². The van der Waals surface area contributed by atoms with E-state index in [0.29, 0.717) is 22.7 Å². The Hall–Kier alpha value is -2.40. The van der Waals surface area contributed by atoms with Gasteiger partial charge < -0.3 is 10.6 Å². The number of amides is 2. The zero-order valence-corrected chi connectivity index (χ0v) is 11.1. The van der Waals surface area contributed by atoms with E-state index in [2.05, 4.69) is 15.6 Å². The fraction of sp³-hybridized carbons (Fsp3) is 0.0714. The summed E-state index contributed by atoms with van der Waals surface area (Å²) in [5.74, 6) is -0.352. The molecule has 3 rings (SSSR count). The number of nitrogens with one attached hydrogen (secondary N) is 2. The molecule has 0 radical (unpaired) electrons. The highest BCUT2D eigenvalue weighted by Gasteiger charge is 2.19. The Labute approximate surface area is 120 Å². The van der Waals surface area contributed by atoms with Crippen LogP contribution < -0.4 is 10.6 Å². The molecule has 1 aromatic heterocycles. The molecule has 20 heavy (non-hydrogen) atoms. The molecule has 0 saturated carbocycles. The van der Waals surface area contributed by atoms with Gasteiger partial charge in [0.1, 0.15) is 0 Å². The summed E-state index contributed by atoms with van der Waals surface area (Å²) in [7, 11) is 0. The van der Waals surface area contributed by atoms with Gasteiger partial charge in [-0.25, -0.2) is 0 Å². The van der Waals surface area contributed by atoms with Gasteiger partial charge in [0.25, 0.3) is 5.91 Å². The van der Waals surface area contributed by atoms with Crippen LogP contribution in [-0.2, 0) is 11.2 Å². The molecule has 2 N–H and O–H groups in total. The van der Waals surface area contributed by atoms with Crippen molar-refractivity contribution in [2.45, 2.75) is 6.42 Å². The third-order valence-corrected chi connectivity index (χ3v) is 3.34. The highest BCUT2D eigenvalue weighted by molar-refractivity contribution is 6.33. The van der Waals surface area contributed by atoms with E-state index in [1.165, 1.54) is 6.20 Å². The zero-order chi connectivity index (χ0) is 14.1. The number of carbonyl (C=O) groups excluding carboxylic acids is 2. The summed E-state index contributed by atoms with van der Waals surface area (Å²) < 4.78 is 0. The van der Waals surface area contributed by atoms with Gasteiger partial charge in [-0.2, -0.15) is 0 Å². The summed E-state index contributed by atoms with van der Waals surface area (Å²) >= 11 is 5.96. The van der Waals surface area contributed by atoms with Crippen LogP contribution in [0.15, 0.2) is 36.7 Å². The van der Waals surface area contributed by atoms with E-state index < -0.39 is 0 Å².